The van der Waals surface area contributed by atoms with Crippen molar-refractivity contribution in [2.75, 3.05) is 10.6 Å². The van der Waals surface area contributed by atoms with Gasteiger partial charge in [0.2, 0.25) is 11.8 Å². The summed E-state index contributed by atoms with van der Waals surface area (Å²) in [5, 5.41) is 14.8. The van der Waals surface area contributed by atoms with E-state index in [0.717, 1.165) is 14.9 Å². The number of rotatable bonds is 8. The molecule has 0 heterocycles. The first kappa shape index (κ1) is 25.7. The van der Waals surface area contributed by atoms with Crippen molar-refractivity contribution in [2.24, 2.45) is 11.8 Å². The number of anilines is 2. The van der Waals surface area contributed by atoms with E-state index in [1.54, 1.807) is 12.1 Å². The van der Waals surface area contributed by atoms with Crippen LogP contribution in [0.4, 0.5) is 11.4 Å². The number of thioether (sulfide) groups is 1. The largest absolute Gasteiger partial charge is 0.481 e. The van der Waals surface area contributed by atoms with E-state index in [1.165, 1.54) is 11.8 Å². The summed E-state index contributed by atoms with van der Waals surface area (Å²) in [6, 6.07) is 24.2. The number of carboxylic acid groups (broad SMARTS) is 1. The first-order chi connectivity index (χ1) is 17.4. The Morgan fingerprint density at radius 3 is 2.14 bits per heavy atom. The molecule has 184 valence electrons. The standard InChI is InChI=1S/C28H25BrN2O4S/c29-23-12-6-7-13-24(23)31-27(33)25(18-8-2-1-3-9-18)36-20-16-14-19(15-17-20)30-26(32)21-10-4-5-11-22(21)28(34)35/h1-9,12-17,21-22,25H,10-11H2,(H,30,32)(H,31,33)(H,34,35). The van der Waals surface area contributed by atoms with Crippen molar-refractivity contribution >= 4 is 56.9 Å². The number of nitrogens with one attached hydrogen (secondary N) is 2. The number of para-hydroxylation sites is 1. The highest BCUT2D eigenvalue weighted by Crippen LogP contribution is 2.37. The van der Waals surface area contributed by atoms with Crippen LogP contribution in [-0.2, 0) is 14.4 Å². The Morgan fingerprint density at radius 2 is 1.47 bits per heavy atom. The molecule has 0 saturated heterocycles. The number of hydrogen-bond acceptors (Lipinski definition) is 4. The van der Waals surface area contributed by atoms with E-state index < -0.39 is 23.1 Å². The minimum Gasteiger partial charge on any atom is -0.481 e. The van der Waals surface area contributed by atoms with Crippen LogP contribution in [0.2, 0.25) is 0 Å². The van der Waals surface area contributed by atoms with Crippen LogP contribution >= 0.6 is 27.7 Å². The fourth-order valence-electron chi connectivity index (χ4n) is 4.03. The fourth-order valence-corrected chi connectivity index (χ4v) is 5.43. The molecule has 3 aromatic carbocycles. The number of aliphatic carboxylic acids is 1. The van der Waals surface area contributed by atoms with Crippen LogP contribution in [0.1, 0.15) is 23.7 Å². The van der Waals surface area contributed by atoms with E-state index in [-0.39, 0.29) is 11.8 Å². The van der Waals surface area contributed by atoms with Gasteiger partial charge in [-0.15, -0.1) is 11.8 Å². The van der Waals surface area contributed by atoms with E-state index in [0.29, 0.717) is 24.2 Å². The van der Waals surface area contributed by atoms with Crippen molar-refractivity contribution in [3.63, 3.8) is 0 Å². The van der Waals surface area contributed by atoms with Crippen LogP contribution < -0.4 is 10.6 Å². The van der Waals surface area contributed by atoms with E-state index in [9.17, 15) is 19.5 Å². The summed E-state index contributed by atoms with van der Waals surface area (Å²) in [7, 11) is 0. The van der Waals surface area contributed by atoms with Crippen molar-refractivity contribution in [2.45, 2.75) is 23.0 Å². The monoisotopic (exact) mass is 564 g/mol. The lowest BCUT2D eigenvalue weighted by atomic mass is 9.82. The summed E-state index contributed by atoms with van der Waals surface area (Å²) < 4.78 is 0.800. The number of halogens is 1. The van der Waals surface area contributed by atoms with E-state index in [1.807, 2.05) is 78.9 Å². The molecule has 6 nitrogen and oxygen atoms in total. The molecule has 3 atom stereocenters. The molecule has 3 unspecified atom stereocenters. The Bertz CT molecular complexity index is 1260. The molecule has 8 heteroatoms. The maximum absolute atomic E-state index is 13.3. The quantitative estimate of drug-likeness (QED) is 0.213. The van der Waals surface area contributed by atoms with Gasteiger partial charge in [0.25, 0.3) is 0 Å². The fraction of sp³-hybridized carbons (Fsp3) is 0.179. The number of carboxylic acids is 1. The van der Waals surface area contributed by atoms with Crippen molar-refractivity contribution in [3.8, 4) is 0 Å². The van der Waals surface area contributed by atoms with Crippen molar-refractivity contribution < 1.29 is 19.5 Å². The molecule has 0 radical (unpaired) electrons. The van der Waals surface area contributed by atoms with Gasteiger partial charge in [-0.1, -0.05) is 54.6 Å². The van der Waals surface area contributed by atoms with Gasteiger partial charge in [0, 0.05) is 15.1 Å². The zero-order valence-electron chi connectivity index (χ0n) is 19.3. The summed E-state index contributed by atoms with van der Waals surface area (Å²) in [6.45, 7) is 0. The minimum atomic E-state index is -0.959. The summed E-state index contributed by atoms with van der Waals surface area (Å²) in [5.41, 5.74) is 2.14. The highest BCUT2D eigenvalue weighted by Gasteiger charge is 2.34. The second kappa shape index (κ2) is 12.1. The SMILES string of the molecule is O=C(Nc1ccccc1Br)C(Sc1ccc(NC(=O)C2CC=CCC2C(=O)O)cc1)c1ccccc1. The molecule has 36 heavy (non-hydrogen) atoms. The number of hydrogen-bond donors (Lipinski definition) is 3. The third-order valence-electron chi connectivity index (χ3n) is 5.93. The minimum absolute atomic E-state index is 0.152. The topological polar surface area (TPSA) is 95.5 Å². The normalized spacial score (nSPS) is 17.7. The zero-order valence-corrected chi connectivity index (χ0v) is 21.7. The van der Waals surface area contributed by atoms with E-state index >= 15 is 0 Å². The Labute approximate surface area is 222 Å². The molecule has 0 spiro atoms. The third kappa shape index (κ3) is 6.44. The van der Waals surface area contributed by atoms with Gasteiger partial charge < -0.3 is 15.7 Å². The maximum Gasteiger partial charge on any atom is 0.307 e. The Morgan fingerprint density at radius 1 is 0.833 bits per heavy atom. The van der Waals surface area contributed by atoms with Gasteiger partial charge in [0.1, 0.15) is 5.25 Å². The van der Waals surface area contributed by atoms with E-state index in [2.05, 4.69) is 26.6 Å². The molecular formula is C28H25BrN2O4S. The van der Waals surface area contributed by atoms with Gasteiger partial charge in [-0.05, 0) is 70.7 Å². The Hall–Kier alpha value is -3.36. The van der Waals surface area contributed by atoms with Gasteiger partial charge in [-0.2, -0.15) is 0 Å². The molecule has 0 aromatic heterocycles. The van der Waals surface area contributed by atoms with Crippen molar-refractivity contribution in [1.29, 1.82) is 0 Å². The molecule has 2 amide bonds. The molecule has 3 aromatic rings. The lowest BCUT2D eigenvalue weighted by Gasteiger charge is -2.24. The number of amides is 2. The summed E-state index contributed by atoms with van der Waals surface area (Å²) >= 11 is 4.88. The Kier molecular flexibility index (Phi) is 8.61. The highest BCUT2D eigenvalue weighted by molar-refractivity contribution is 9.10. The predicted octanol–water partition coefficient (Wildman–Crippen LogP) is 6.53. The van der Waals surface area contributed by atoms with Gasteiger partial charge in [0.15, 0.2) is 0 Å². The molecule has 3 N–H and O–H groups in total. The molecule has 0 aliphatic heterocycles. The third-order valence-corrected chi connectivity index (χ3v) is 7.89. The molecule has 1 aliphatic rings. The zero-order chi connectivity index (χ0) is 25.5. The van der Waals surface area contributed by atoms with Crippen LogP contribution in [0, 0.1) is 11.8 Å². The number of carbonyl (C=O) groups is 3. The molecule has 1 aliphatic carbocycles. The van der Waals surface area contributed by atoms with Crippen LogP contribution in [0.25, 0.3) is 0 Å². The Balaban J connectivity index is 1.47. The van der Waals surface area contributed by atoms with Crippen LogP contribution in [-0.4, -0.2) is 22.9 Å². The number of carbonyl (C=O) groups excluding carboxylic acids is 2. The van der Waals surface area contributed by atoms with Gasteiger partial charge >= 0.3 is 5.97 Å². The van der Waals surface area contributed by atoms with Gasteiger partial charge in [-0.25, -0.2) is 0 Å². The number of benzene rings is 3. The lowest BCUT2D eigenvalue weighted by molar-refractivity contribution is -0.146. The van der Waals surface area contributed by atoms with Gasteiger partial charge in [0.05, 0.1) is 17.5 Å². The smallest absolute Gasteiger partial charge is 0.307 e. The number of allylic oxidation sites excluding steroid dienone is 2. The first-order valence-electron chi connectivity index (χ1n) is 11.5. The van der Waals surface area contributed by atoms with Crippen LogP contribution in [0.15, 0.2) is 100 Å². The molecule has 0 saturated carbocycles. The maximum atomic E-state index is 13.3. The molecular weight excluding hydrogens is 540 g/mol. The summed E-state index contributed by atoms with van der Waals surface area (Å²) in [6.07, 6.45) is 4.42. The van der Waals surface area contributed by atoms with Crippen LogP contribution in [0.3, 0.4) is 0 Å². The first-order valence-corrected chi connectivity index (χ1v) is 13.2. The molecule has 0 bridgehead atoms. The van der Waals surface area contributed by atoms with Crippen molar-refractivity contribution in [1.82, 2.24) is 0 Å². The molecule has 4 rings (SSSR count). The van der Waals surface area contributed by atoms with E-state index in [4.69, 9.17) is 0 Å². The van der Waals surface area contributed by atoms with Crippen molar-refractivity contribution in [3.05, 3.63) is 101 Å². The lowest BCUT2D eigenvalue weighted by Crippen LogP contribution is -2.34. The average Bonchev–Trinajstić information content (AvgIpc) is 2.90. The predicted molar refractivity (Wildman–Crippen MR) is 146 cm³/mol. The average molecular weight is 565 g/mol. The van der Waals surface area contributed by atoms with Crippen LogP contribution in [0.5, 0.6) is 0 Å². The summed E-state index contributed by atoms with van der Waals surface area (Å²) in [4.78, 5) is 38.4. The van der Waals surface area contributed by atoms with Gasteiger partial charge in [-0.3, -0.25) is 14.4 Å². The molecule has 0 fully saturated rings. The second-order valence-corrected chi connectivity index (χ2v) is 10.4. The highest BCUT2D eigenvalue weighted by atomic mass is 79.9. The second-order valence-electron chi connectivity index (χ2n) is 8.39. The summed E-state index contributed by atoms with van der Waals surface area (Å²) in [5.74, 6) is -2.74.